The number of amides is 1. The zero-order valence-corrected chi connectivity index (χ0v) is 16.0. The minimum absolute atomic E-state index is 0.00562. The molecule has 0 spiro atoms. The van der Waals surface area contributed by atoms with Gasteiger partial charge in [0.2, 0.25) is 15.9 Å². The number of sulfonamides is 1. The Balaban J connectivity index is 1.88. The summed E-state index contributed by atoms with van der Waals surface area (Å²) < 4.78 is 26.0. The summed E-state index contributed by atoms with van der Waals surface area (Å²) in [5.41, 5.74) is 0.590. The van der Waals surface area contributed by atoms with Crippen LogP contribution in [0.15, 0.2) is 24.3 Å². The van der Waals surface area contributed by atoms with E-state index in [1.165, 1.54) is 10.4 Å². The van der Waals surface area contributed by atoms with Crippen LogP contribution in [0.4, 0.5) is 0 Å². The van der Waals surface area contributed by atoms with Crippen LogP contribution in [0.1, 0.15) is 42.6 Å². The van der Waals surface area contributed by atoms with Crippen LogP contribution < -0.4 is 5.32 Å². The monoisotopic (exact) mass is 382 g/mol. The molecule has 1 aliphatic rings. The van der Waals surface area contributed by atoms with Gasteiger partial charge >= 0.3 is 5.97 Å². The molecule has 26 heavy (non-hydrogen) atoms. The van der Waals surface area contributed by atoms with Gasteiger partial charge in [0.05, 0.1) is 17.7 Å². The second kappa shape index (κ2) is 8.64. The number of rotatable bonds is 7. The first-order valence-corrected chi connectivity index (χ1v) is 10.4. The standard InChI is InChI=1S/C18H26N2O5S/c1-13(2)12-26(24,25)20-9-7-15(8-10-20)19-17(21)11-14-5-3-4-6-16(14)18(22)23/h3-6,13,15H,7-12H2,1-2H3,(H,19,21)(H,22,23). The molecule has 0 bridgehead atoms. The van der Waals surface area contributed by atoms with E-state index in [1.54, 1.807) is 18.2 Å². The topological polar surface area (TPSA) is 104 Å². The maximum atomic E-state index is 12.3. The van der Waals surface area contributed by atoms with Crippen LogP contribution in [0.5, 0.6) is 0 Å². The van der Waals surface area contributed by atoms with Crippen LogP contribution in [0, 0.1) is 5.92 Å². The van der Waals surface area contributed by atoms with Gasteiger partial charge in [-0.3, -0.25) is 4.79 Å². The van der Waals surface area contributed by atoms with Gasteiger partial charge in [-0.25, -0.2) is 17.5 Å². The molecule has 2 rings (SSSR count). The van der Waals surface area contributed by atoms with Crippen LogP contribution in [0.25, 0.3) is 0 Å². The highest BCUT2D eigenvalue weighted by Crippen LogP contribution is 2.17. The van der Waals surface area contributed by atoms with Gasteiger partial charge in [-0.15, -0.1) is 0 Å². The fraction of sp³-hybridized carbons (Fsp3) is 0.556. The zero-order chi connectivity index (χ0) is 19.3. The molecule has 1 aliphatic heterocycles. The fourth-order valence-electron chi connectivity index (χ4n) is 3.14. The van der Waals surface area contributed by atoms with Crippen molar-refractivity contribution in [2.75, 3.05) is 18.8 Å². The second-order valence-corrected chi connectivity index (χ2v) is 9.07. The number of carbonyl (C=O) groups excluding carboxylic acids is 1. The van der Waals surface area contributed by atoms with Crippen molar-refractivity contribution in [3.05, 3.63) is 35.4 Å². The molecule has 1 aromatic carbocycles. The number of piperidine rings is 1. The third-order valence-electron chi connectivity index (χ3n) is 4.36. The Kier molecular flexibility index (Phi) is 6.77. The van der Waals surface area contributed by atoms with Gasteiger partial charge in [0.1, 0.15) is 0 Å². The molecule has 0 radical (unpaired) electrons. The van der Waals surface area contributed by atoms with E-state index < -0.39 is 16.0 Å². The van der Waals surface area contributed by atoms with Crippen LogP contribution in [-0.4, -0.2) is 54.6 Å². The molecule has 1 heterocycles. The van der Waals surface area contributed by atoms with Crippen LogP contribution in [0.2, 0.25) is 0 Å². The van der Waals surface area contributed by atoms with Gasteiger partial charge in [0.25, 0.3) is 0 Å². The molecule has 1 fully saturated rings. The van der Waals surface area contributed by atoms with E-state index in [0.29, 0.717) is 31.5 Å². The summed E-state index contributed by atoms with van der Waals surface area (Å²) in [5.74, 6) is -1.10. The van der Waals surface area contributed by atoms with Crippen molar-refractivity contribution < 1.29 is 23.1 Å². The molecule has 0 saturated carbocycles. The Bertz CT molecular complexity index is 753. The lowest BCUT2D eigenvalue weighted by atomic mass is 10.0. The van der Waals surface area contributed by atoms with Crippen molar-refractivity contribution in [3.63, 3.8) is 0 Å². The Morgan fingerprint density at radius 3 is 2.42 bits per heavy atom. The summed E-state index contributed by atoms with van der Waals surface area (Å²) >= 11 is 0. The Morgan fingerprint density at radius 1 is 1.23 bits per heavy atom. The Labute approximate surface area is 154 Å². The molecule has 8 heteroatoms. The quantitative estimate of drug-likeness (QED) is 0.744. The summed E-state index contributed by atoms with van der Waals surface area (Å²) in [6.07, 6.45) is 1.11. The van der Waals surface area contributed by atoms with Crippen molar-refractivity contribution in [2.45, 2.75) is 39.2 Å². The van der Waals surface area contributed by atoms with Gasteiger partial charge in [-0.1, -0.05) is 32.0 Å². The summed E-state index contributed by atoms with van der Waals surface area (Å²) in [5, 5.41) is 12.1. The molecule has 0 aliphatic carbocycles. The van der Waals surface area contributed by atoms with E-state index >= 15 is 0 Å². The lowest BCUT2D eigenvalue weighted by molar-refractivity contribution is -0.121. The second-order valence-electron chi connectivity index (χ2n) is 7.05. The number of carboxylic acids is 1. The van der Waals surface area contributed by atoms with E-state index in [0.717, 1.165) is 0 Å². The van der Waals surface area contributed by atoms with Crippen molar-refractivity contribution in [3.8, 4) is 0 Å². The van der Waals surface area contributed by atoms with E-state index in [4.69, 9.17) is 0 Å². The molecule has 7 nitrogen and oxygen atoms in total. The van der Waals surface area contributed by atoms with E-state index in [2.05, 4.69) is 5.32 Å². The highest BCUT2D eigenvalue weighted by molar-refractivity contribution is 7.89. The minimum atomic E-state index is -3.24. The van der Waals surface area contributed by atoms with E-state index in [1.807, 2.05) is 13.8 Å². The molecular formula is C18H26N2O5S. The van der Waals surface area contributed by atoms with Gasteiger partial charge in [0, 0.05) is 19.1 Å². The first-order valence-electron chi connectivity index (χ1n) is 8.77. The minimum Gasteiger partial charge on any atom is -0.478 e. The summed E-state index contributed by atoms with van der Waals surface area (Å²) in [6.45, 7) is 4.54. The number of nitrogens with zero attached hydrogens (tertiary/aromatic N) is 1. The van der Waals surface area contributed by atoms with Crippen molar-refractivity contribution in [2.24, 2.45) is 5.92 Å². The molecule has 0 aromatic heterocycles. The smallest absolute Gasteiger partial charge is 0.335 e. The predicted molar refractivity (Wildman–Crippen MR) is 98.5 cm³/mol. The maximum Gasteiger partial charge on any atom is 0.335 e. The summed E-state index contributed by atoms with van der Waals surface area (Å²) in [6, 6.07) is 6.34. The highest BCUT2D eigenvalue weighted by atomic mass is 32.2. The third kappa shape index (κ3) is 5.54. The molecule has 0 unspecified atom stereocenters. The number of carbonyl (C=O) groups is 2. The van der Waals surface area contributed by atoms with Crippen molar-refractivity contribution >= 4 is 21.9 Å². The Hall–Kier alpha value is -1.93. The third-order valence-corrected chi connectivity index (χ3v) is 6.59. The van der Waals surface area contributed by atoms with Crippen molar-refractivity contribution in [1.82, 2.24) is 9.62 Å². The van der Waals surface area contributed by atoms with Gasteiger partial charge in [-0.05, 0) is 30.4 Å². The molecule has 1 saturated heterocycles. The maximum absolute atomic E-state index is 12.3. The molecule has 0 atom stereocenters. The first kappa shape index (κ1) is 20.4. The largest absolute Gasteiger partial charge is 0.478 e. The molecule has 1 aromatic rings. The van der Waals surface area contributed by atoms with Crippen LogP contribution >= 0.6 is 0 Å². The lowest BCUT2D eigenvalue weighted by Crippen LogP contribution is -2.47. The fourth-order valence-corrected chi connectivity index (χ4v) is 4.96. The number of carboxylic acid groups (broad SMARTS) is 1. The average Bonchev–Trinajstić information content (AvgIpc) is 2.54. The molecule has 1 amide bonds. The predicted octanol–water partition coefficient (Wildman–Crippen LogP) is 1.49. The molecule has 2 N–H and O–H groups in total. The normalized spacial score (nSPS) is 16.6. The SMILES string of the molecule is CC(C)CS(=O)(=O)N1CCC(NC(=O)Cc2ccccc2C(=O)O)CC1. The summed E-state index contributed by atoms with van der Waals surface area (Å²) in [7, 11) is -3.24. The van der Waals surface area contributed by atoms with E-state index in [9.17, 15) is 23.1 Å². The molecule has 144 valence electrons. The number of benzene rings is 1. The highest BCUT2D eigenvalue weighted by Gasteiger charge is 2.29. The van der Waals surface area contributed by atoms with Gasteiger partial charge < -0.3 is 10.4 Å². The lowest BCUT2D eigenvalue weighted by Gasteiger charge is -2.32. The van der Waals surface area contributed by atoms with Gasteiger partial charge in [0.15, 0.2) is 0 Å². The van der Waals surface area contributed by atoms with Crippen LogP contribution in [0.3, 0.4) is 0 Å². The zero-order valence-electron chi connectivity index (χ0n) is 15.1. The summed E-state index contributed by atoms with van der Waals surface area (Å²) in [4.78, 5) is 23.4. The number of hydrogen-bond donors (Lipinski definition) is 2. The van der Waals surface area contributed by atoms with Crippen LogP contribution in [-0.2, 0) is 21.2 Å². The van der Waals surface area contributed by atoms with Crippen molar-refractivity contribution in [1.29, 1.82) is 0 Å². The number of nitrogens with one attached hydrogen (secondary N) is 1. The first-order chi connectivity index (χ1) is 12.2. The Morgan fingerprint density at radius 2 is 1.85 bits per heavy atom. The van der Waals surface area contributed by atoms with E-state index in [-0.39, 0.29) is 35.6 Å². The molecular weight excluding hydrogens is 356 g/mol. The average molecular weight is 382 g/mol. The number of hydrogen-bond acceptors (Lipinski definition) is 4. The number of aromatic carboxylic acids is 1. The van der Waals surface area contributed by atoms with Gasteiger partial charge in [-0.2, -0.15) is 0 Å².